The maximum absolute atomic E-state index is 14.0. The molecule has 3 aromatic rings. The molecule has 0 bridgehead atoms. The first-order valence-electron chi connectivity index (χ1n) is 9.19. The zero-order chi connectivity index (χ0) is 19.8. The number of nitrogens with one attached hydrogen (secondary N) is 1. The van der Waals surface area contributed by atoms with E-state index in [9.17, 15) is 9.18 Å². The van der Waals surface area contributed by atoms with Crippen LogP contribution in [-0.2, 0) is 0 Å². The molecule has 0 aliphatic carbocycles. The zero-order valence-corrected chi connectivity index (χ0v) is 16.0. The summed E-state index contributed by atoms with van der Waals surface area (Å²) in [5.41, 5.74) is 2.04. The van der Waals surface area contributed by atoms with Crippen LogP contribution >= 0.6 is 0 Å². The van der Waals surface area contributed by atoms with Gasteiger partial charge in [0.05, 0.1) is 18.5 Å². The second kappa shape index (κ2) is 7.20. The van der Waals surface area contributed by atoms with Crippen molar-refractivity contribution < 1.29 is 9.13 Å². The van der Waals surface area contributed by atoms with E-state index < -0.39 is 5.82 Å². The van der Waals surface area contributed by atoms with Gasteiger partial charge in [-0.15, -0.1) is 0 Å². The number of rotatable bonds is 3. The third-order valence-corrected chi connectivity index (χ3v) is 4.86. The van der Waals surface area contributed by atoms with Gasteiger partial charge in [-0.3, -0.25) is 9.20 Å². The normalized spacial score (nSPS) is 19.8. The van der Waals surface area contributed by atoms with Gasteiger partial charge in [0.1, 0.15) is 5.65 Å². The van der Waals surface area contributed by atoms with Crippen LogP contribution in [-0.4, -0.2) is 46.7 Å². The highest BCUT2D eigenvalue weighted by molar-refractivity contribution is 5.62. The lowest BCUT2D eigenvalue weighted by molar-refractivity contribution is 0.369. The molecule has 2 unspecified atom stereocenters. The molecule has 28 heavy (non-hydrogen) atoms. The molecule has 2 atom stereocenters. The van der Waals surface area contributed by atoms with E-state index in [1.165, 1.54) is 29.8 Å². The Hall–Kier alpha value is -3.00. The number of nitrogens with zero attached hydrogens (tertiary/aromatic N) is 4. The van der Waals surface area contributed by atoms with Crippen molar-refractivity contribution in [1.29, 1.82) is 0 Å². The summed E-state index contributed by atoms with van der Waals surface area (Å²) in [5, 5.41) is 3.50. The molecule has 7 nitrogen and oxygen atoms in total. The number of piperazine rings is 1. The molecule has 0 amide bonds. The Kier molecular flexibility index (Phi) is 4.72. The maximum Gasteiger partial charge on any atom is 0.258 e. The SMILES string of the molecule is COc1ncc(-c2cc(=O)n3cc(N4CC(C)NC(C)C4)ccc3n2)cc1F. The zero-order valence-electron chi connectivity index (χ0n) is 16.0. The summed E-state index contributed by atoms with van der Waals surface area (Å²) >= 11 is 0. The van der Waals surface area contributed by atoms with E-state index >= 15 is 0 Å². The van der Waals surface area contributed by atoms with Crippen molar-refractivity contribution in [2.75, 3.05) is 25.1 Å². The number of aromatic nitrogens is 3. The molecule has 0 radical (unpaired) electrons. The van der Waals surface area contributed by atoms with E-state index in [0.29, 0.717) is 29.0 Å². The number of hydrogen-bond donors (Lipinski definition) is 1. The van der Waals surface area contributed by atoms with Gasteiger partial charge in [-0.2, -0.15) is 0 Å². The highest BCUT2D eigenvalue weighted by Gasteiger charge is 2.21. The minimum atomic E-state index is -0.598. The molecule has 146 valence electrons. The molecule has 1 fully saturated rings. The van der Waals surface area contributed by atoms with Crippen LogP contribution in [0.4, 0.5) is 10.1 Å². The summed E-state index contributed by atoms with van der Waals surface area (Å²) in [5.74, 6) is -0.690. The molecule has 0 aromatic carbocycles. The number of ether oxygens (including phenoxy) is 1. The summed E-state index contributed by atoms with van der Waals surface area (Å²) in [6.07, 6.45) is 3.25. The van der Waals surface area contributed by atoms with Gasteiger partial charge in [0, 0.05) is 49.2 Å². The van der Waals surface area contributed by atoms with E-state index in [1.807, 2.05) is 18.3 Å². The Morgan fingerprint density at radius 2 is 1.96 bits per heavy atom. The predicted molar refractivity (Wildman–Crippen MR) is 105 cm³/mol. The fourth-order valence-corrected chi connectivity index (χ4v) is 3.68. The van der Waals surface area contributed by atoms with E-state index in [2.05, 4.69) is 34.0 Å². The van der Waals surface area contributed by atoms with Gasteiger partial charge in [0.15, 0.2) is 5.82 Å². The number of anilines is 1. The third-order valence-electron chi connectivity index (χ3n) is 4.86. The lowest BCUT2D eigenvalue weighted by atomic mass is 10.1. The van der Waals surface area contributed by atoms with Crippen molar-refractivity contribution in [1.82, 2.24) is 19.7 Å². The van der Waals surface area contributed by atoms with Gasteiger partial charge < -0.3 is 15.0 Å². The molecular weight excluding hydrogens is 361 g/mol. The molecule has 0 spiro atoms. The fourth-order valence-electron chi connectivity index (χ4n) is 3.68. The van der Waals surface area contributed by atoms with E-state index in [-0.39, 0.29) is 11.4 Å². The van der Waals surface area contributed by atoms with Crippen LogP contribution in [0.3, 0.4) is 0 Å². The minimum absolute atomic E-state index is 0.0922. The van der Waals surface area contributed by atoms with Crippen molar-refractivity contribution >= 4 is 11.3 Å². The molecule has 1 saturated heterocycles. The first-order valence-corrected chi connectivity index (χ1v) is 9.19. The lowest BCUT2D eigenvalue weighted by Gasteiger charge is -2.37. The van der Waals surface area contributed by atoms with E-state index in [1.54, 1.807) is 0 Å². The third kappa shape index (κ3) is 3.43. The molecule has 1 aliphatic heterocycles. The van der Waals surface area contributed by atoms with Crippen LogP contribution in [0.1, 0.15) is 13.8 Å². The first-order chi connectivity index (χ1) is 13.4. The minimum Gasteiger partial charge on any atom is -0.479 e. The molecule has 4 heterocycles. The molecule has 8 heteroatoms. The topological polar surface area (TPSA) is 71.8 Å². The quantitative estimate of drug-likeness (QED) is 0.747. The second-order valence-electron chi connectivity index (χ2n) is 7.18. The maximum atomic E-state index is 14.0. The van der Waals surface area contributed by atoms with Crippen molar-refractivity contribution in [3.05, 3.63) is 52.8 Å². The number of pyridine rings is 2. The first kappa shape index (κ1) is 18.4. The predicted octanol–water partition coefficient (Wildman–Crippen LogP) is 2.09. The summed E-state index contributed by atoms with van der Waals surface area (Å²) in [4.78, 5) is 23.4. The lowest BCUT2D eigenvalue weighted by Crippen LogP contribution is -2.54. The van der Waals surface area contributed by atoms with Gasteiger partial charge in [-0.05, 0) is 32.0 Å². The van der Waals surface area contributed by atoms with Crippen LogP contribution in [0.25, 0.3) is 16.9 Å². The van der Waals surface area contributed by atoms with Gasteiger partial charge in [0.2, 0.25) is 5.88 Å². The fraction of sp³-hybridized carbons (Fsp3) is 0.350. The Morgan fingerprint density at radius 3 is 2.64 bits per heavy atom. The number of halogens is 1. The molecule has 3 aromatic heterocycles. The average Bonchev–Trinajstić information content (AvgIpc) is 2.67. The van der Waals surface area contributed by atoms with Crippen molar-refractivity contribution in [3.63, 3.8) is 0 Å². The summed E-state index contributed by atoms with van der Waals surface area (Å²) in [6, 6.07) is 7.17. The molecule has 1 N–H and O–H groups in total. The highest BCUT2D eigenvalue weighted by atomic mass is 19.1. The van der Waals surface area contributed by atoms with Crippen molar-refractivity contribution in [3.8, 4) is 17.1 Å². The summed E-state index contributed by atoms with van der Waals surface area (Å²) < 4.78 is 20.3. The Bertz CT molecular complexity index is 1070. The monoisotopic (exact) mass is 383 g/mol. The van der Waals surface area contributed by atoms with E-state index in [4.69, 9.17) is 4.74 Å². The summed E-state index contributed by atoms with van der Waals surface area (Å²) in [7, 11) is 1.35. The van der Waals surface area contributed by atoms with E-state index in [0.717, 1.165) is 18.8 Å². The van der Waals surface area contributed by atoms with Gasteiger partial charge >= 0.3 is 0 Å². The number of hydrogen-bond acceptors (Lipinski definition) is 6. The smallest absolute Gasteiger partial charge is 0.258 e. The van der Waals surface area contributed by atoms with Gasteiger partial charge in [-0.25, -0.2) is 14.4 Å². The van der Waals surface area contributed by atoms with Crippen LogP contribution in [0.5, 0.6) is 5.88 Å². The second-order valence-corrected chi connectivity index (χ2v) is 7.18. The largest absolute Gasteiger partial charge is 0.479 e. The Morgan fingerprint density at radius 1 is 1.21 bits per heavy atom. The number of fused-ring (bicyclic) bond motifs is 1. The molecule has 1 aliphatic rings. The standard InChI is InChI=1S/C20H22FN5O2/c1-12-9-25(10-13(2)23-12)15-4-5-18-24-17(7-19(27)26(18)11-15)14-6-16(21)20(28-3)22-8-14/h4-8,11-13,23H,9-10H2,1-3H3. The number of methoxy groups -OCH3 is 1. The molecular formula is C20H22FN5O2. The van der Waals surface area contributed by atoms with Crippen molar-refractivity contribution in [2.45, 2.75) is 25.9 Å². The Balaban J connectivity index is 1.72. The highest BCUT2D eigenvalue weighted by Crippen LogP contribution is 2.22. The van der Waals surface area contributed by atoms with Crippen LogP contribution in [0.15, 0.2) is 41.5 Å². The average molecular weight is 383 g/mol. The Labute approximate surface area is 161 Å². The summed E-state index contributed by atoms with van der Waals surface area (Å²) in [6.45, 7) is 6.03. The van der Waals surface area contributed by atoms with Gasteiger partial charge in [0.25, 0.3) is 5.56 Å². The van der Waals surface area contributed by atoms with Crippen LogP contribution in [0, 0.1) is 5.82 Å². The van der Waals surface area contributed by atoms with Crippen LogP contribution < -0.4 is 20.5 Å². The van der Waals surface area contributed by atoms with Crippen LogP contribution in [0.2, 0.25) is 0 Å². The van der Waals surface area contributed by atoms with Crippen molar-refractivity contribution in [2.24, 2.45) is 0 Å². The van der Waals surface area contributed by atoms with Gasteiger partial charge in [-0.1, -0.05) is 0 Å². The molecule has 4 rings (SSSR count). The molecule has 0 saturated carbocycles.